The molecule has 152 valence electrons. The van der Waals surface area contributed by atoms with Crippen LogP contribution in [-0.4, -0.2) is 12.1 Å². The van der Waals surface area contributed by atoms with E-state index in [9.17, 15) is 4.79 Å². The number of nitrogens with one attached hydrogen (secondary N) is 1. The molecular weight excluding hydrogens is 356 g/mol. The summed E-state index contributed by atoms with van der Waals surface area (Å²) in [6.45, 7) is 2.27. The van der Waals surface area contributed by atoms with Crippen molar-refractivity contribution in [1.29, 1.82) is 0 Å². The SMILES string of the molecule is CCCCCCCCCCCCCCCC(=O)N/N=C/c1cccc(Cl)c1. The molecule has 0 heterocycles. The van der Waals surface area contributed by atoms with Gasteiger partial charge in [-0.3, -0.25) is 4.79 Å². The van der Waals surface area contributed by atoms with Gasteiger partial charge in [0.15, 0.2) is 0 Å². The maximum atomic E-state index is 11.8. The van der Waals surface area contributed by atoms with Gasteiger partial charge < -0.3 is 0 Å². The van der Waals surface area contributed by atoms with Crippen molar-refractivity contribution < 1.29 is 4.79 Å². The minimum atomic E-state index is -0.0173. The van der Waals surface area contributed by atoms with Crippen molar-refractivity contribution in [2.24, 2.45) is 5.10 Å². The van der Waals surface area contributed by atoms with Gasteiger partial charge in [-0.2, -0.15) is 5.10 Å². The van der Waals surface area contributed by atoms with Crippen LogP contribution in [0.1, 0.15) is 102 Å². The summed E-state index contributed by atoms with van der Waals surface area (Å²) in [7, 11) is 0. The molecule has 0 saturated heterocycles. The van der Waals surface area contributed by atoms with E-state index in [1.165, 1.54) is 70.6 Å². The van der Waals surface area contributed by atoms with Gasteiger partial charge in [-0.15, -0.1) is 0 Å². The lowest BCUT2D eigenvalue weighted by Gasteiger charge is -2.03. The lowest BCUT2D eigenvalue weighted by Crippen LogP contribution is -2.16. The van der Waals surface area contributed by atoms with E-state index in [4.69, 9.17) is 11.6 Å². The lowest BCUT2D eigenvalue weighted by atomic mass is 10.0. The summed E-state index contributed by atoms with van der Waals surface area (Å²) in [5.41, 5.74) is 3.46. The quantitative estimate of drug-likeness (QED) is 0.179. The van der Waals surface area contributed by atoms with Gasteiger partial charge >= 0.3 is 0 Å². The molecule has 1 N–H and O–H groups in total. The van der Waals surface area contributed by atoms with Gasteiger partial charge in [0.1, 0.15) is 0 Å². The molecule has 0 fully saturated rings. The van der Waals surface area contributed by atoms with E-state index in [2.05, 4.69) is 17.5 Å². The Kier molecular flexibility index (Phi) is 14.7. The second-order valence-electron chi connectivity index (χ2n) is 7.34. The first-order chi connectivity index (χ1) is 13.2. The number of amides is 1. The monoisotopic (exact) mass is 392 g/mol. The van der Waals surface area contributed by atoms with Crippen LogP contribution in [0, 0.1) is 0 Å². The molecule has 0 radical (unpaired) electrons. The molecule has 1 rings (SSSR count). The fraction of sp³-hybridized carbons (Fsp3) is 0.652. The molecule has 4 heteroatoms. The fourth-order valence-corrected chi connectivity index (χ4v) is 3.32. The second kappa shape index (κ2) is 16.8. The van der Waals surface area contributed by atoms with Crippen molar-refractivity contribution in [3.05, 3.63) is 34.9 Å². The first-order valence-corrected chi connectivity index (χ1v) is 11.2. The maximum Gasteiger partial charge on any atom is 0.240 e. The van der Waals surface area contributed by atoms with Crippen molar-refractivity contribution in [3.63, 3.8) is 0 Å². The first kappa shape index (κ1) is 23.7. The number of benzene rings is 1. The number of carbonyl (C=O) groups excluding carboxylic acids is 1. The van der Waals surface area contributed by atoms with Gasteiger partial charge in [0.2, 0.25) is 5.91 Å². The Hall–Kier alpha value is -1.35. The van der Waals surface area contributed by atoms with Crippen LogP contribution in [0.25, 0.3) is 0 Å². The molecule has 1 aromatic rings. The third-order valence-corrected chi connectivity index (χ3v) is 4.99. The first-order valence-electron chi connectivity index (χ1n) is 10.8. The van der Waals surface area contributed by atoms with Gasteiger partial charge in [0, 0.05) is 11.4 Å². The maximum absolute atomic E-state index is 11.8. The van der Waals surface area contributed by atoms with Crippen LogP contribution in [0.5, 0.6) is 0 Å². The van der Waals surface area contributed by atoms with Gasteiger partial charge in [-0.1, -0.05) is 108 Å². The topological polar surface area (TPSA) is 41.5 Å². The Labute approximate surface area is 171 Å². The number of unbranched alkanes of at least 4 members (excludes halogenated alkanes) is 12. The van der Waals surface area contributed by atoms with E-state index >= 15 is 0 Å². The molecule has 0 bridgehead atoms. The molecule has 0 aromatic heterocycles. The average Bonchev–Trinajstić information content (AvgIpc) is 2.65. The summed E-state index contributed by atoms with van der Waals surface area (Å²) >= 11 is 5.91. The van der Waals surface area contributed by atoms with E-state index in [1.807, 2.05) is 24.3 Å². The normalized spacial score (nSPS) is 11.2. The molecule has 0 saturated carbocycles. The third kappa shape index (κ3) is 14.4. The van der Waals surface area contributed by atoms with Crippen LogP contribution in [-0.2, 0) is 4.79 Å². The molecular formula is C23H37ClN2O. The van der Waals surface area contributed by atoms with Gasteiger partial charge in [0.25, 0.3) is 0 Å². The van der Waals surface area contributed by atoms with Crippen LogP contribution < -0.4 is 5.43 Å². The van der Waals surface area contributed by atoms with E-state index in [0.29, 0.717) is 11.4 Å². The number of halogens is 1. The molecule has 0 aliphatic carbocycles. The Morgan fingerprint density at radius 2 is 1.48 bits per heavy atom. The van der Waals surface area contributed by atoms with Crippen LogP contribution in [0.3, 0.4) is 0 Å². The fourth-order valence-electron chi connectivity index (χ4n) is 3.12. The third-order valence-electron chi connectivity index (χ3n) is 4.76. The summed E-state index contributed by atoms with van der Waals surface area (Å²) in [6, 6.07) is 7.38. The highest BCUT2D eigenvalue weighted by molar-refractivity contribution is 6.30. The number of carbonyl (C=O) groups is 1. The lowest BCUT2D eigenvalue weighted by molar-refractivity contribution is -0.121. The summed E-state index contributed by atoms with van der Waals surface area (Å²) < 4.78 is 0. The molecule has 27 heavy (non-hydrogen) atoms. The zero-order valence-corrected chi connectivity index (χ0v) is 17.8. The van der Waals surface area contributed by atoms with E-state index in [-0.39, 0.29) is 5.91 Å². The van der Waals surface area contributed by atoms with Gasteiger partial charge in [-0.05, 0) is 24.1 Å². The predicted molar refractivity (Wildman–Crippen MR) is 118 cm³/mol. The number of nitrogens with zero attached hydrogens (tertiary/aromatic N) is 1. The van der Waals surface area contributed by atoms with Crippen LogP contribution in [0.2, 0.25) is 5.02 Å². The molecule has 1 aromatic carbocycles. The highest BCUT2D eigenvalue weighted by atomic mass is 35.5. The molecule has 0 spiro atoms. The standard InChI is InChI=1S/C23H37ClN2O/c1-2-3-4-5-6-7-8-9-10-11-12-13-14-18-23(27)26-25-20-21-16-15-17-22(24)19-21/h15-17,19-20H,2-14,18H2,1H3,(H,26,27)/b25-20+. The summed E-state index contributed by atoms with van der Waals surface area (Å²) in [6.07, 6.45) is 19.2. The molecule has 0 unspecified atom stereocenters. The largest absolute Gasteiger partial charge is 0.273 e. The van der Waals surface area contributed by atoms with Crippen LogP contribution >= 0.6 is 11.6 Å². The number of hydrazone groups is 1. The van der Waals surface area contributed by atoms with Gasteiger partial charge in [-0.25, -0.2) is 5.43 Å². The second-order valence-corrected chi connectivity index (χ2v) is 7.78. The highest BCUT2D eigenvalue weighted by Crippen LogP contribution is 2.13. The zero-order chi connectivity index (χ0) is 19.6. The Bertz CT molecular complexity index is 531. The Balaban J connectivity index is 1.88. The number of rotatable bonds is 16. The molecule has 0 atom stereocenters. The van der Waals surface area contributed by atoms with Crippen LogP contribution in [0.4, 0.5) is 0 Å². The molecule has 0 aliphatic heterocycles. The van der Waals surface area contributed by atoms with E-state index in [0.717, 1.165) is 18.4 Å². The summed E-state index contributed by atoms with van der Waals surface area (Å²) in [5, 5.41) is 4.64. The smallest absolute Gasteiger partial charge is 0.240 e. The summed E-state index contributed by atoms with van der Waals surface area (Å²) in [5.74, 6) is -0.0173. The summed E-state index contributed by atoms with van der Waals surface area (Å²) in [4.78, 5) is 11.8. The van der Waals surface area contributed by atoms with E-state index in [1.54, 1.807) is 6.21 Å². The average molecular weight is 393 g/mol. The zero-order valence-electron chi connectivity index (χ0n) is 17.0. The molecule has 3 nitrogen and oxygen atoms in total. The van der Waals surface area contributed by atoms with Crippen molar-refractivity contribution in [2.45, 2.75) is 96.8 Å². The predicted octanol–water partition coefficient (Wildman–Crippen LogP) is 7.27. The molecule has 0 aliphatic rings. The van der Waals surface area contributed by atoms with Crippen molar-refractivity contribution >= 4 is 23.7 Å². The number of hydrogen-bond donors (Lipinski definition) is 1. The van der Waals surface area contributed by atoms with Crippen molar-refractivity contribution in [1.82, 2.24) is 5.43 Å². The highest BCUT2D eigenvalue weighted by Gasteiger charge is 1.99. The van der Waals surface area contributed by atoms with E-state index < -0.39 is 0 Å². The number of hydrogen-bond acceptors (Lipinski definition) is 2. The van der Waals surface area contributed by atoms with Crippen molar-refractivity contribution in [3.8, 4) is 0 Å². The van der Waals surface area contributed by atoms with Gasteiger partial charge in [0.05, 0.1) is 6.21 Å². The van der Waals surface area contributed by atoms with Crippen LogP contribution in [0.15, 0.2) is 29.4 Å². The molecule has 1 amide bonds. The minimum absolute atomic E-state index is 0.0173. The minimum Gasteiger partial charge on any atom is -0.273 e. The Morgan fingerprint density at radius 3 is 2.04 bits per heavy atom. The Morgan fingerprint density at radius 1 is 0.926 bits per heavy atom. The van der Waals surface area contributed by atoms with Crippen molar-refractivity contribution in [2.75, 3.05) is 0 Å².